The van der Waals surface area contributed by atoms with Crippen molar-refractivity contribution >= 4 is 28.9 Å². The highest BCUT2D eigenvalue weighted by molar-refractivity contribution is 7.07. The Balaban J connectivity index is 1.66. The summed E-state index contributed by atoms with van der Waals surface area (Å²) in [6, 6.07) is 30.3. The van der Waals surface area contributed by atoms with Crippen molar-refractivity contribution in [3.8, 4) is 11.5 Å². The molecule has 0 saturated carbocycles. The molecular weight excluding hydrogens is 460 g/mol. The summed E-state index contributed by atoms with van der Waals surface area (Å²) in [7, 11) is 0. The number of nitrogens with zero attached hydrogens (tertiary/aromatic N) is 4. The summed E-state index contributed by atoms with van der Waals surface area (Å²) in [6.45, 7) is 0. The van der Waals surface area contributed by atoms with Gasteiger partial charge in [0, 0.05) is 23.6 Å². The van der Waals surface area contributed by atoms with Crippen LogP contribution in [-0.2, 0) is 0 Å². The topological polar surface area (TPSA) is 85.9 Å². The number of hydrogen-bond acceptors (Lipinski definition) is 6. The number of benzene rings is 3. The van der Waals surface area contributed by atoms with Gasteiger partial charge in [-0.05, 0) is 29.3 Å². The lowest BCUT2D eigenvalue weighted by Crippen LogP contribution is -2.13. The maximum atomic E-state index is 11.5. The van der Waals surface area contributed by atoms with Gasteiger partial charge in [0.2, 0.25) is 4.80 Å². The highest BCUT2D eigenvalue weighted by Gasteiger charge is 2.16. The number of aromatic nitrogens is 1. The molecular formula is C27H20N4O3S. The first-order chi connectivity index (χ1) is 17.2. The van der Waals surface area contributed by atoms with Gasteiger partial charge in [-0.25, -0.2) is 9.67 Å². The van der Waals surface area contributed by atoms with Crippen molar-refractivity contribution < 1.29 is 9.34 Å². The van der Waals surface area contributed by atoms with Crippen LogP contribution in [0.2, 0.25) is 0 Å². The van der Waals surface area contributed by atoms with Crippen molar-refractivity contribution in [3.05, 3.63) is 135 Å². The highest BCUT2D eigenvalue weighted by Crippen LogP contribution is 2.28. The van der Waals surface area contributed by atoms with Crippen molar-refractivity contribution in [1.82, 2.24) is 4.68 Å². The zero-order valence-corrected chi connectivity index (χ0v) is 19.3. The lowest BCUT2D eigenvalue weighted by Gasteiger charge is -2.13. The molecule has 5 aromatic rings. The Morgan fingerprint density at radius 2 is 1.54 bits per heavy atom. The molecule has 0 atom stereocenters. The van der Waals surface area contributed by atoms with E-state index in [1.807, 2.05) is 54.1 Å². The molecule has 3 aromatic carbocycles. The molecule has 2 aromatic heterocycles. The molecule has 0 aliphatic heterocycles. The van der Waals surface area contributed by atoms with Gasteiger partial charge in [-0.3, -0.25) is 10.1 Å². The van der Waals surface area contributed by atoms with Gasteiger partial charge in [-0.15, -0.1) is 11.3 Å². The van der Waals surface area contributed by atoms with Gasteiger partial charge in [-0.1, -0.05) is 72.8 Å². The summed E-state index contributed by atoms with van der Waals surface area (Å²) in [5.41, 5.74) is 3.08. The van der Waals surface area contributed by atoms with Gasteiger partial charge in [-0.2, -0.15) is 5.10 Å². The molecule has 7 nitrogen and oxygen atoms in total. The van der Waals surface area contributed by atoms with Crippen molar-refractivity contribution in [1.29, 1.82) is 0 Å². The summed E-state index contributed by atoms with van der Waals surface area (Å²) in [4.78, 5) is 16.2. The van der Waals surface area contributed by atoms with E-state index < -0.39 is 4.92 Å². The minimum Gasteiger partial charge on any atom is -0.463 e. The minimum absolute atomic E-state index is 0.0672. The molecule has 0 spiro atoms. The molecule has 0 aliphatic carbocycles. The van der Waals surface area contributed by atoms with Crippen molar-refractivity contribution in [2.24, 2.45) is 10.1 Å². The molecule has 0 fully saturated rings. The number of thiazole rings is 1. The van der Waals surface area contributed by atoms with Gasteiger partial charge in [0.25, 0.3) is 5.69 Å². The fourth-order valence-corrected chi connectivity index (χ4v) is 4.55. The Morgan fingerprint density at radius 1 is 0.886 bits per heavy atom. The molecule has 5 rings (SSSR count). The number of para-hydroxylation sites is 2. The molecule has 0 bridgehead atoms. The third-order valence-corrected chi connectivity index (χ3v) is 6.22. The SMILES string of the molecule is O=[N+]([O-])c1ccccc1N=c1scc(-c2ccco2)n1N=CC(c1ccccc1)c1ccccc1. The van der Waals surface area contributed by atoms with Crippen molar-refractivity contribution in [2.45, 2.75) is 5.92 Å². The lowest BCUT2D eigenvalue weighted by molar-refractivity contribution is -0.384. The standard InChI is InChI=1S/C27H20N4O3S/c32-31(33)24-15-8-7-14-23(24)29-27-30(25(19-35-27)26-16-9-17-34-26)28-18-22(20-10-3-1-4-11-20)21-12-5-2-6-13-21/h1-19,22H. The normalized spacial score (nSPS) is 12.0. The van der Waals surface area contributed by atoms with Crippen molar-refractivity contribution in [3.63, 3.8) is 0 Å². The van der Waals surface area contributed by atoms with Gasteiger partial charge in [0.15, 0.2) is 5.76 Å². The number of hydrogen-bond donors (Lipinski definition) is 0. The van der Waals surface area contributed by atoms with E-state index in [-0.39, 0.29) is 17.3 Å². The van der Waals surface area contributed by atoms with Crippen LogP contribution in [0.1, 0.15) is 17.0 Å². The van der Waals surface area contributed by atoms with Crippen LogP contribution in [0.25, 0.3) is 11.5 Å². The zero-order valence-electron chi connectivity index (χ0n) is 18.5. The van der Waals surface area contributed by atoms with Crippen LogP contribution >= 0.6 is 11.3 Å². The summed E-state index contributed by atoms with van der Waals surface area (Å²) < 4.78 is 7.29. The molecule has 0 unspecified atom stereocenters. The Kier molecular flexibility index (Phi) is 6.45. The maximum absolute atomic E-state index is 11.5. The Morgan fingerprint density at radius 3 is 2.17 bits per heavy atom. The zero-order chi connectivity index (χ0) is 24.0. The predicted molar refractivity (Wildman–Crippen MR) is 137 cm³/mol. The van der Waals surface area contributed by atoms with E-state index in [4.69, 9.17) is 9.52 Å². The summed E-state index contributed by atoms with van der Waals surface area (Å²) >= 11 is 1.33. The second kappa shape index (κ2) is 10.1. The number of nitro groups is 1. The van der Waals surface area contributed by atoms with Crippen LogP contribution in [0.3, 0.4) is 0 Å². The average molecular weight is 481 g/mol. The number of furan rings is 1. The van der Waals surface area contributed by atoms with E-state index in [1.165, 1.54) is 17.4 Å². The predicted octanol–water partition coefficient (Wildman–Crippen LogP) is 6.62. The van der Waals surface area contributed by atoms with Crippen LogP contribution in [0.5, 0.6) is 0 Å². The average Bonchev–Trinajstić information content (AvgIpc) is 3.56. The molecule has 0 N–H and O–H groups in total. The van der Waals surface area contributed by atoms with E-state index in [2.05, 4.69) is 29.3 Å². The van der Waals surface area contributed by atoms with E-state index in [1.54, 1.807) is 35.2 Å². The van der Waals surface area contributed by atoms with E-state index in [0.717, 1.165) is 11.1 Å². The molecule has 172 valence electrons. The van der Waals surface area contributed by atoms with E-state index >= 15 is 0 Å². The molecule has 2 heterocycles. The third-order valence-electron chi connectivity index (χ3n) is 5.40. The first-order valence-electron chi connectivity index (χ1n) is 10.9. The smallest absolute Gasteiger partial charge is 0.294 e. The maximum Gasteiger partial charge on any atom is 0.294 e. The minimum atomic E-state index is -0.436. The molecule has 0 amide bonds. The summed E-state index contributed by atoms with van der Waals surface area (Å²) in [5, 5.41) is 18.2. The van der Waals surface area contributed by atoms with E-state index in [9.17, 15) is 10.1 Å². The third kappa shape index (κ3) is 4.87. The Labute approximate surface area is 205 Å². The van der Waals surface area contributed by atoms with Gasteiger partial charge >= 0.3 is 0 Å². The fraction of sp³-hybridized carbons (Fsp3) is 0.0370. The largest absolute Gasteiger partial charge is 0.463 e. The molecule has 0 aliphatic rings. The number of nitro benzene ring substituents is 1. The van der Waals surface area contributed by atoms with Crippen LogP contribution in [0.4, 0.5) is 11.4 Å². The second-order valence-corrected chi connectivity index (χ2v) is 8.45. The van der Waals surface area contributed by atoms with Crippen LogP contribution < -0.4 is 4.80 Å². The van der Waals surface area contributed by atoms with Crippen LogP contribution in [0, 0.1) is 10.1 Å². The number of rotatable bonds is 7. The molecule has 35 heavy (non-hydrogen) atoms. The van der Waals surface area contributed by atoms with Crippen LogP contribution in [-0.4, -0.2) is 15.8 Å². The molecule has 0 saturated heterocycles. The van der Waals surface area contributed by atoms with Gasteiger partial charge < -0.3 is 4.42 Å². The Hall–Kier alpha value is -4.56. The first-order valence-corrected chi connectivity index (χ1v) is 11.8. The lowest BCUT2D eigenvalue weighted by atomic mass is 9.92. The van der Waals surface area contributed by atoms with Gasteiger partial charge in [0.1, 0.15) is 11.4 Å². The summed E-state index contributed by atoms with van der Waals surface area (Å²) in [6.07, 6.45) is 3.46. The Bertz CT molecular complexity index is 1480. The fourth-order valence-electron chi connectivity index (χ4n) is 3.72. The summed E-state index contributed by atoms with van der Waals surface area (Å²) in [5.74, 6) is 0.520. The highest BCUT2D eigenvalue weighted by atomic mass is 32.1. The van der Waals surface area contributed by atoms with Crippen LogP contribution in [0.15, 0.2) is 123 Å². The van der Waals surface area contributed by atoms with E-state index in [0.29, 0.717) is 16.3 Å². The molecule has 8 heteroatoms. The monoisotopic (exact) mass is 480 g/mol. The first kappa shape index (κ1) is 22.2. The second-order valence-electron chi connectivity index (χ2n) is 7.61. The quantitative estimate of drug-likeness (QED) is 0.149. The van der Waals surface area contributed by atoms with Crippen molar-refractivity contribution in [2.75, 3.05) is 0 Å². The van der Waals surface area contributed by atoms with Gasteiger partial charge in [0.05, 0.1) is 11.2 Å². The molecule has 0 radical (unpaired) electrons.